The van der Waals surface area contributed by atoms with Crippen LogP contribution in [0.4, 0.5) is 0 Å². The predicted molar refractivity (Wildman–Crippen MR) is 112 cm³/mol. The zero-order chi connectivity index (χ0) is 24.8. The maximum atomic E-state index is 13.7. The van der Waals surface area contributed by atoms with Crippen molar-refractivity contribution >= 4 is 23.2 Å². The summed E-state index contributed by atoms with van der Waals surface area (Å²) in [6.45, 7) is 1.61. The molecule has 3 aliphatic rings. The van der Waals surface area contributed by atoms with Gasteiger partial charge in [-0.1, -0.05) is 19.1 Å². The van der Waals surface area contributed by atoms with Crippen LogP contribution in [0.15, 0.2) is 35.1 Å². The van der Waals surface area contributed by atoms with Crippen LogP contribution in [0.5, 0.6) is 5.75 Å². The molecule has 3 aliphatic carbocycles. The summed E-state index contributed by atoms with van der Waals surface area (Å²) < 4.78 is -1.44. The van der Waals surface area contributed by atoms with Crippen molar-refractivity contribution in [2.75, 3.05) is 14.1 Å². The molecule has 4 rings (SSSR count). The molecular formula is C22H24N2O9. The number of nitrogens with two attached hydrogens (primary N) is 1. The third kappa shape index (κ3) is 2.73. The highest BCUT2D eigenvalue weighted by Crippen LogP contribution is 2.56. The molecular weight excluding hydrogens is 436 g/mol. The maximum absolute atomic E-state index is 13.7. The number of aliphatic hydroxyl groups excluding tert-OH is 3. The number of rotatable bonds is 2. The Balaban J connectivity index is 2.09. The third-order valence-electron chi connectivity index (χ3n) is 7.11. The Bertz CT molecular complexity index is 1180. The quantitative estimate of drug-likeness (QED) is 0.191. The van der Waals surface area contributed by atoms with Crippen LogP contribution in [0.1, 0.15) is 24.0 Å². The summed E-state index contributed by atoms with van der Waals surface area (Å²) in [6.07, 6.45) is -1.78. The maximum Gasteiger partial charge on any atom is 0.256 e. The van der Waals surface area contributed by atoms with Crippen molar-refractivity contribution in [2.45, 2.75) is 30.6 Å². The minimum absolute atomic E-state index is 0.0826. The number of phenols is 1. The first-order valence-electron chi connectivity index (χ1n) is 10.2. The molecule has 0 unspecified atom stereocenters. The number of Topliss-reactive ketones (excluding diaryl/α,β-unsaturated/α-hetero) is 2. The van der Waals surface area contributed by atoms with Crippen molar-refractivity contribution in [2.24, 2.45) is 17.6 Å². The van der Waals surface area contributed by atoms with Gasteiger partial charge in [-0.05, 0) is 17.5 Å². The fourth-order valence-electron chi connectivity index (χ4n) is 5.69. The number of hydrogen-bond acceptors (Lipinski definition) is 9. The van der Waals surface area contributed by atoms with Crippen LogP contribution in [0, 0.1) is 17.0 Å². The molecule has 1 aromatic carbocycles. The number of amides is 1. The highest BCUT2D eigenvalue weighted by molar-refractivity contribution is 6.24. The van der Waals surface area contributed by atoms with Crippen LogP contribution in [-0.4, -0.2) is 79.5 Å². The van der Waals surface area contributed by atoms with Crippen LogP contribution in [0.25, 0.3) is 5.76 Å². The minimum atomic E-state index is -3.09. The van der Waals surface area contributed by atoms with Gasteiger partial charge >= 0.3 is 0 Å². The SMILES string of the molecule is C[C@H]1c2cccc(O)c2C(O)=C2C(=O)[C@]3(O)C(O)=C(C(N)=O)C(=O)[C@@H]([N+](C)(C)[O-])[C@@H]3[C@@H](O)[C@@H]21. The zero-order valence-corrected chi connectivity index (χ0v) is 18.0. The summed E-state index contributed by atoms with van der Waals surface area (Å²) in [6, 6.07) is 2.49. The fourth-order valence-corrected chi connectivity index (χ4v) is 5.69. The van der Waals surface area contributed by atoms with Crippen LogP contribution in [0.2, 0.25) is 0 Å². The van der Waals surface area contributed by atoms with E-state index in [9.17, 15) is 45.1 Å². The summed E-state index contributed by atoms with van der Waals surface area (Å²) in [5, 5.41) is 67.8. The number of benzene rings is 1. The van der Waals surface area contributed by atoms with E-state index in [1.807, 2.05) is 0 Å². The smallest absolute Gasteiger partial charge is 0.256 e. The monoisotopic (exact) mass is 460 g/mol. The van der Waals surface area contributed by atoms with Gasteiger partial charge < -0.3 is 41.1 Å². The third-order valence-corrected chi connectivity index (χ3v) is 7.11. The van der Waals surface area contributed by atoms with Crippen molar-refractivity contribution in [3.8, 4) is 5.75 Å². The molecule has 0 heterocycles. The van der Waals surface area contributed by atoms with Gasteiger partial charge in [-0.2, -0.15) is 0 Å². The highest BCUT2D eigenvalue weighted by Gasteiger charge is 2.70. The molecule has 1 fully saturated rings. The molecule has 11 nitrogen and oxygen atoms in total. The van der Waals surface area contributed by atoms with Crippen LogP contribution in [0.3, 0.4) is 0 Å². The number of hydroxylamine groups is 3. The van der Waals surface area contributed by atoms with E-state index >= 15 is 0 Å². The van der Waals surface area contributed by atoms with Crippen molar-refractivity contribution in [1.82, 2.24) is 0 Å². The van der Waals surface area contributed by atoms with Gasteiger partial charge in [0, 0.05) is 11.5 Å². The lowest BCUT2D eigenvalue weighted by Crippen LogP contribution is -2.72. The highest BCUT2D eigenvalue weighted by atomic mass is 16.5. The lowest BCUT2D eigenvalue weighted by atomic mass is 9.54. The van der Waals surface area contributed by atoms with E-state index in [2.05, 4.69) is 0 Å². The molecule has 0 aromatic heterocycles. The Labute approximate surface area is 187 Å². The number of ketones is 2. The van der Waals surface area contributed by atoms with E-state index in [1.54, 1.807) is 13.0 Å². The van der Waals surface area contributed by atoms with Crippen LogP contribution in [-0.2, 0) is 14.4 Å². The fraction of sp³-hybridized carbons (Fsp3) is 0.409. The zero-order valence-electron chi connectivity index (χ0n) is 18.0. The standard InChI is InChI=1S/C22H24N2O9/c1-7-8-5-4-6-9(25)11(8)16(26)12-10(7)17(27)14-15(24(2,3)33)18(28)13(21(23)31)20(30)22(14,32)19(12)29/h4-7,10,14-15,17,25-27,30,32H,1-3H3,(H2,23,31)/t7-,10+,14+,15-,17-,22-/m0/s1. The number of quaternary nitrogens is 1. The summed E-state index contributed by atoms with van der Waals surface area (Å²) in [5.41, 5.74) is 0.814. The molecule has 1 aromatic rings. The second-order valence-corrected chi connectivity index (χ2v) is 9.26. The number of carbonyl (C=O) groups excluding carboxylic acids is 3. The summed E-state index contributed by atoms with van der Waals surface area (Å²) >= 11 is 0. The van der Waals surface area contributed by atoms with E-state index in [-0.39, 0.29) is 11.3 Å². The van der Waals surface area contributed by atoms with E-state index in [4.69, 9.17) is 5.73 Å². The van der Waals surface area contributed by atoms with Gasteiger partial charge in [0.05, 0.1) is 31.7 Å². The number of nitrogens with zero attached hydrogens (tertiary/aromatic N) is 1. The Morgan fingerprint density at radius 3 is 2.33 bits per heavy atom. The Kier molecular flexibility index (Phi) is 4.78. The lowest BCUT2D eigenvalue weighted by molar-refractivity contribution is -0.862. The number of likely N-dealkylation sites (N-methyl/N-ethyl adjacent to an activating group) is 1. The molecule has 0 saturated heterocycles. The van der Waals surface area contributed by atoms with Gasteiger partial charge in [0.15, 0.2) is 11.6 Å². The molecule has 1 saturated carbocycles. The Hall–Kier alpha value is -3.25. The Morgan fingerprint density at radius 1 is 1.18 bits per heavy atom. The first-order valence-corrected chi connectivity index (χ1v) is 10.2. The van der Waals surface area contributed by atoms with Crippen molar-refractivity contribution in [1.29, 1.82) is 0 Å². The van der Waals surface area contributed by atoms with Gasteiger partial charge in [-0.25, -0.2) is 0 Å². The average Bonchev–Trinajstić information content (AvgIpc) is 2.69. The molecule has 176 valence electrons. The largest absolute Gasteiger partial charge is 0.633 e. The summed E-state index contributed by atoms with van der Waals surface area (Å²) in [4.78, 5) is 38.7. The van der Waals surface area contributed by atoms with E-state index in [0.717, 1.165) is 14.1 Å². The number of aliphatic hydroxyl groups is 4. The summed E-state index contributed by atoms with van der Waals surface area (Å²) in [7, 11) is 2.06. The second-order valence-electron chi connectivity index (χ2n) is 9.26. The number of phenolic OH excluding ortho intramolecular Hbond substituents is 1. The van der Waals surface area contributed by atoms with Crippen LogP contribution < -0.4 is 5.73 Å². The number of aromatic hydroxyl groups is 1. The van der Waals surface area contributed by atoms with Gasteiger partial charge in [-0.15, -0.1) is 0 Å². The normalized spacial score (nSPS) is 34.1. The second kappa shape index (κ2) is 6.87. The van der Waals surface area contributed by atoms with Crippen molar-refractivity contribution < 1.29 is 44.6 Å². The molecule has 1 amide bonds. The average molecular weight is 460 g/mol. The van der Waals surface area contributed by atoms with Crippen molar-refractivity contribution in [3.63, 3.8) is 0 Å². The molecule has 0 spiro atoms. The Morgan fingerprint density at radius 2 is 1.79 bits per heavy atom. The topological polar surface area (TPSA) is 201 Å². The van der Waals surface area contributed by atoms with Crippen molar-refractivity contribution in [3.05, 3.63) is 51.4 Å². The van der Waals surface area contributed by atoms with E-state index in [0.29, 0.717) is 5.56 Å². The first kappa shape index (κ1) is 22.9. The molecule has 11 heteroatoms. The van der Waals surface area contributed by atoms with Gasteiger partial charge in [0.1, 0.15) is 22.8 Å². The first-order chi connectivity index (χ1) is 15.2. The van der Waals surface area contributed by atoms with E-state index < -0.39 is 80.3 Å². The van der Waals surface area contributed by atoms with Gasteiger partial charge in [0.25, 0.3) is 5.91 Å². The molecule has 0 aliphatic heterocycles. The number of fused-ring (bicyclic) bond motifs is 3. The van der Waals surface area contributed by atoms with Gasteiger partial charge in [0.2, 0.25) is 11.6 Å². The summed E-state index contributed by atoms with van der Waals surface area (Å²) in [5.74, 6) is -10.2. The molecule has 0 bridgehead atoms. The molecule has 7 N–H and O–H groups in total. The molecule has 6 atom stereocenters. The number of carbonyl (C=O) groups is 3. The minimum Gasteiger partial charge on any atom is -0.633 e. The predicted octanol–water partition coefficient (Wildman–Crippen LogP) is -0.492. The van der Waals surface area contributed by atoms with E-state index in [1.165, 1.54) is 12.1 Å². The number of primary amides is 1. The molecule has 33 heavy (non-hydrogen) atoms. The van der Waals surface area contributed by atoms with Crippen LogP contribution >= 0.6 is 0 Å². The molecule has 0 radical (unpaired) electrons. The number of hydrogen-bond donors (Lipinski definition) is 6. The van der Waals surface area contributed by atoms with Gasteiger partial charge in [-0.3, -0.25) is 14.4 Å². The lowest BCUT2D eigenvalue weighted by Gasteiger charge is -2.56.